The molecule has 0 spiro atoms. The monoisotopic (exact) mass is 365 g/mol. The largest absolute Gasteiger partial charge is 0.379 e. The number of aliphatic hydroxyl groups is 1. The Kier molecular flexibility index (Phi) is 6.30. The number of carbonyl (C=O) groups excluding carboxylic acids is 1. The van der Waals surface area contributed by atoms with Crippen molar-refractivity contribution in [1.29, 1.82) is 0 Å². The van der Waals surface area contributed by atoms with Crippen LogP contribution in [0.5, 0.6) is 0 Å². The van der Waals surface area contributed by atoms with Crippen LogP contribution in [0.4, 0.5) is 0 Å². The van der Waals surface area contributed by atoms with E-state index in [0.29, 0.717) is 13.0 Å². The normalized spacial score (nSPS) is 30.8. The molecule has 5 nitrogen and oxygen atoms in total. The zero-order valence-corrected chi connectivity index (χ0v) is 17.2. The summed E-state index contributed by atoms with van der Waals surface area (Å²) in [6.45, 7) is 12.6. The number of β-amino-alcohol motifs (C(OH)–C–C–N with tert-alkyl or cyclic N) is 1. The number of rotatable bonds is 4. The van der Waals surface area contributed by atoms with Crippen LogP contribution in [0.1, 0.15) is 65.7 Å². The summed E-state index contributed by atoms with van der Waals surface area (Å²) in [7, 11) is 0. The molecule has 3 rings (SSSR count). The second-order valence-corrected chi connectivity index (χ2v) is 10.0. The van der Waals surface area contributed by atoms with Crippen molar-refractivity contribution in [3.8, 4) is 0 Å². The first-order valence-corrected chi connectivity index (χ1v) is 10.8. The van der Waals surface area contributed by atoms with Crippen molar-refractivity contribution in [2.45, 2.75) is 77.4 Å². The van der Waals surface area contributed by atoms with Crippen molar-refractivity contribution < 1.29 is 9.90 Å². The average molecular weight is 366 g/mol. The lowest BCUT2D eigenvalue weighted by atomic mass is 9.88. The fourth-order valence-electron chi connectivity index (χ4n) is 5.04. The molecule has 1 amide bonds. The van der Waals surface area contributed by atoms with Gasteiger partial charge in [0, 0.05) is 51.9 Å². The van der Waals surface area contributed by atoms with E-state index in [2.05, 4.69) is 30.6 Å². The Balaban J connectivity index is 1.52. The van der Waals surface area contributed by atoms with Gasteiger partial charge in [-0.25, -0.2) is 0 Å². The number of likely N-dealkylation sites (tertiary alicyclic amines) is 1. The smallest absolute Gasteiger partial charge is 0.255 e. The lowest BCUT2D eigenvalue weighted by Gasteiger charge is -2.45. The van der Waals surface area contributed by atoms with E-state index in [1.807, 2.05) is 4.90 Å². The van der Waals surface area contributed by atoms with E-state index in [9.17, 15) is 9.90 Å². The standard InChI is InChI=1S/C21H39N3O2/c1-20(2,3)16-24-11-7-10-21(26,19(24)25)17-22-12-14-23(15-13-22)18-8-5-4-6-9-18/h18,26H,4-17H2,1-3H3/t21-/m0/s1. The third-order valence-electron chi connectivity index (χ3n) is 6.35. The van der Waals surface area contributed by atoms with Gasteiger partial charge in [0.15, 0.2) is 5.60 Å². The molecule has 1 atom stereocenters. The molecule has 2 aliphatic heterocycles. The van der Waals surface area contributed by atoms with Crippen LogP contribution < -0.4 is 0 Å². The van der Waals surface area contributed by atoms with Gasteiger partial charge >= 0.3 is 0 Å². The van der Waals surface area contributed by atoms with Crippen molar-refractivity contribution >= 4 is 5.91 Å². The molecule has 0 aromatic heterocycles. The number of piperazine rings is 1. The second-order valence-electron chi connectivity index (χ2n) is 10.0. The first-order valence-electron chi connectivity index (χ1n) is 10.8. The minimum Gasteiger partial charge on any atom is -0.379 e. The van der Waals surface area contributed by atoms with Crippen LogP contribution in [0.15, 0.2) is 0 Å². The van der Waals surface area contributed by atoms with Gasteiger partial charge in [-0.2, -0.15) is 0 Å². The maximum atomic E-state index is 12.9. The van der Waals surface area contributed by atoms with Gasteiger partial charge < -0.3 is 10.0 Å². The van der Waals surface area contributed by atoms with Crippen LogP contribution in [0, 0.1) is 5.41 Å². The summed E-state index contributed by atoms with van der Waals surface area (Å²) >= 11 is 0. The highest BCUT2D eigenvalue weighted by Crippen LogP contribution is 2.28. The SMILES string of the molecule is CC(C)(C)CN1CCC[C@](O)(CN2CCN(C3CCCCC3)CC2)C1=O. The molecule has 26 heavy (non-hydrogen) atoms. The van der Waals surface area contributed by atoms with Crippen LogP contribution in [-0.4, -0.2) is 83.2 Å². The minimum atomic E-state index is -1.18. The lowest BCUT2D eigenvalue weighted by molar-refractivity contribution is -0.161. The Bertz CT molecular complexity index is 476. The Labute approximate surface area is 159 Å². The number of amides is 1. The Hall–Kier alpha value is -0.650. The highest BCUT2D eigenvalue weighted by Gasteiger charge is 2.44. The van der Waals surface area contributed by atoms with Gasteiger partial charge in [-0.05, 0) is 31.1 Å². The lowest BCUT2D eigenvalue weighted by Crippen LogP contribution is -2.61. The first kappa shape index (κ1) is 20.1. The average Bonchev–Trinajstić information content (AvgIpc) is 2.59. The highest BCUT2D eigenvalue weighted by molar-refractivity contribution is 5.86. The molecule has 0 bridgehead atoms. The van der Waals surface area contributed by atoms with Gasteiger partial charge in [-0.15, -0.1) is 0 Å². The molecule has 0 radical (unpaired) electrons. The summed E-state index contributed by atoms with van der Waals surface area (Å²) in [5.41, 5.74) is -1.12. The molecule has 1 saturated carbocycles. The maximum Gasteiger partial charge on any atom is 0.255 e. The van der Waals surface area contributed by atoms with Crippen molar-refractivity contribution in [2.24, 2.45) is 5.41 Å². The summed E-state index contributed by atoms with van der Waals surface area (Å²) in [6.07, 6.45) is 8.37. The van der Waals surface area contributed by atoms with Crippen LogP contribution in [-0.2, 0) is 4.79 Å². The zero-order valence-electron chi connectivity index (χ0n) is 17.2. The van der Waals surface area contributed by atoms with E-state index in [1.54, 1.807) is 0 Å². The van der Waals surface area contributed by atoms with Crippen LogP contribution in [0.2, 0.25) is 0 Å². The predicted molar refractivity (Wildman–Crippen MR) is 105 cm³/mol. The van der Waals surface area contributed by atoms with Crippen LogP contribution >= 0.6 is 0 Å². The number of hydrogen-bond acceptors (Lipinski definition) is 4. The molecule has 2 saturated heterocycles. The molecule has 5 heteroatoms. The van der Waals surface area contributed by atoms with Gasteiger partial charge in [0.25, 0.3) is 5.91 Å². The van der Waals surface area contributed by atoms with Crippen molar-refractivity contribution in [2.75, 3.05) is 45.8 Å². The summed E-state index contributed by atoms with van der Waals surface area (Å²) in [4.78, 5) is 19.8. The number of carbonyl (C=O) groups is 1. The summed E-state index contributed by atoms with van der Waals surface area (Å²) < 4.78 is 0. The molecule has 0 aromatic rings. The zero-order chi connectivity index (χ0) is 18.8. The van der Waals surface area contributed by atoms with Gasteiger partial charge in [0.05, 0.1) is 0 Å². The van der Waals surface area contributed by atoms with Gasteiger partial charge in [0.2, 0.25) is 0 Å². The third kappa shape index (κ3) is 4.99. The predicted octanol–water partition coefficient (Wildman–Crippen LogP) is 2.34. The fraction of sp³-hybridized carbons (Fsp3) is 0.952. The molecule has 150 valence electrons. The Morgan fingerprint density at radius 1 is 1.00 bits per heavy atom. The van der Waals surface area contributed by atoms with Crippen molar-refractivity contribution in [3.63, 3.8) is 0 Å². The van der Waals surface area contributed by atoms with Gasteiger partial charge in [-0.3, -0.25) is 14.6 Å². The van der Waals surface area contributed by atoms with Crippen LogP contribution in [0.3, 0.4) is 0 Å². The highest BCUT2D eigenvalue weighted by atomic mass is 16.3. The minimum absolute atomic E-state index is 0.0478. The molecule has 0 aromatic carbocycles. The molecule has 3 fully saturated rings. The van der Waals surface area contributed by atoms with E-state index in [1.165, 1.54) is 32.1 Å². The maximum absolute atomic E-state index is 12.9. The van der Waals surface area contributed by atoms with E-state index in [-0.39, 0.29) is 11.3 Å². The summed E-state index contributed by atoms with van der Waals surface area (Å²) in [5, 5.41) is 11.1. The Morgan fingerprint density at radius 3 is 2.27 bits per heavy atom. The number of hydrogen-bond donors (Lipinski definition) is 1. The number of piperidine rings is 1. The molecular weight excluding hydrogens is 326 g/mol. The molecule has 3 aliphatic rings. The Morgan fingerprint density at radius 2 is 1.65 bits per heavy atom. The molecule has 1 aliphatic carbocycles. The first-order chi connectivity index (χ1) is 12.3. The molecule has 1 N–H and O–H groups in total. The summed E-state index contributed by atoms with van der Waals surface area (Å²) in [5.74, 6) is -0.0478. The van der Waals surface area contributed by atoms with E-state index < -0.39 is 5.60 Å². The second kappa shape index (κ2) is 8.15. The van der Waals surface area contributed by atoms with Crippen molar-refractivity contribution in [1.82, 2.24) is 14.7 Å². The fourth-order valence-corrected chi connectivity index (χ4v) is 5.04. The summed E-state index contributed by atoms with van der Waals surface area (Å²) in [6, 6.07) is 0.771. The van der Waals surface area contributed by atoms with Gasteiger partial charge in [-0.1, -0.05) is 40.0 Å². The van der Waals surface area contributed by atoms with Crippen LogP contribution in [0.25, 0.3) is 0 Å². The quantitative estimate of drug-likeness (QED) is 0.831. The van der Waals surface area contributed by atoms with Gasteiger partial charge in [0.1, 0.15) is 0 Å². The van der Waals surface area contributed by atoms with E-state index in [4.69, 9.17) is 0 Å². The molecule has 0 unspecified atom stereocenters. The topological polar surface area (TPSA) is 47.0 Å². The molecular formula is C21H39N3O2. The van der Waals surface area contributed by atoms with E-state index >= 15 is 0 Å². The molecule has 2 heterocycles. The van der Waals surface area contributed by atoms with E-state index in [0.717, 1.165) is 51.7 Å². The number of nitrogens with zero attached hydrogens (tertiary/aromatic N) is 3. The third-order valence-corrected chi connectivity index (χ3v) is 6.35. The van der Waals surface area contributed by atoms with Crippen molar-refractivity contribution in [3.05, 3.63) is 0 Å².